The van der Waals surface area contributed by atoms with Crippen molar-refractivity contribution in [1.82, 2.24) is 9.88 Å². The molecule has 1 aliphatic carbocycles. The van der Waals surface area contributed by atoms with Crippen LogP contribution in [0.3, 0.4) is 0 Å². The normalized spacial score (nSPS) is 22.9. The highest BCUT2D eigenvalue weighted by atomic mass is 35.5. The summed E-state index contributed by atoms with van der Waals surface area (Å²) < 4.78 is 0. The molecule has 0 saturated heterocycles. The second-order valence-electron chi connectivity index (χ2n) is 5.44. The van der Waals surface area contributed by atoms with Gasteiger partial charge in [0.05, 0.1) is 6.04 Å². The summed E-state index contributed by atoms with van der Waals surface area (Å²) in [6.07, 6.45) is 6.72. The van der Waals surface area contributed by atoms with E-state index >= 15 is 0 Å². The van der Waals surface area contributed by atoms with Crippen LogP contribution in [0.25, 0.3) is 0 Å². The second kappa shape index (κ2) is 7.60. The van der Waals surface area contributed by atoms with Crippen molar-refractivity contribution in [3.63, 3.8) is 0 Å². The number of amides is 1. The first-order chi connectivity index (χ1) is 9.15. The van der Waals surface area contributed by atoms with E-state index in [2.05, 4.69) is 11.9 Å². The average Bonchev–Trinajstić information content (AvgIpc) is 2.94. The fourth-order valence-electron chi connectivity index (χ4n) is 2.96. The first-order valence-corrected chi connectivity index (χ1v) is 7.01. The molecule has 112 valence electrons. The van der Waals surface area contributed by atoms with Gasteiger partial charge in [-0.3, -0.25) is 9.78 Å². The molecule has 0 aliphatic heterocycles. The fourth-order valence-corrected chi connectivity index (χ4v) is 2.96. The lowest BCUT2D eigenvalue weighted by atomic mass is 9.94. The molecular weight excluding hydrogens is 274 g/mol. The van der Waals surface area contributed by atoms with Crippen LogP contribution >= 0.6 is 12.4 Å². The molecular formula is C15H24ClN3O. The van der Waals surface area contributed by atoms with Crippen molar-refractivity contribution in [2.75, 3.05) is 13.6 Å². The van der Waals surface area contributed by atoms with Gasteiger partial charge in [0.15, 0.2) is 0 Å². The SMILES string of the molecule is CC(c1ccncc1)N(C)C(=O)[C@@H]1CCC[C@@H]1CN.Cl. The van der Waals surface area contributed by atoms with Crippen LogP contribution < -0.4 is 5.73 Å². The van der Waals surface area contributed by atoms with Crippen molar-refractivity contribution in [2.45, 2.75) is 32.2 Å². The standard InChI is InChI=1S/C15H23N3O.ClH/c1-11(12-6-8-17-9-7-12)18(2)15(19)14-5-3-4-13(14)10-16;/h6-9,11,13-14H,3-5,10,16H2,1-2H3;1H/t11?,13-,14-;/m1./s1. The summed E-state index contributed by atoms with van der Waals surface area (Å²) in [5.41, 5.74) is 6.89. The molecule has 1 aromatic heterocycles. The predicted octanol–water partition coefficient (Wildman–Crippen LogP) is 2.40. The Morgan fingerprint density at radius 2 is 2.10 bits per heavy atom. The summed E-state index contributed by atoms with van der Waals surface area (Å²) in [6, 6.07) is 4.00. The van der Waals surface area contributed by atoms with Gasteiger partial charge < -0.3 is 10.6 Å². The van der Waals surface area contributed by atoms with Crippen molar-refractivity contribution < 1.29 is 4.79 Å². The number of carbonyl (C=O) groups excluding carboxylic acids is 1. The molecule has 1 saturated carbocycles. The molecule has 0 bridgehead atoms. The first kappa shape index (κ1) is 16.9. The number of hydrogen-bond acceptors (Lipinski definition) is 3. The van der Waals surface area contributed by atoms with Gasteiger partial charge in [-0.05, 0) is 49.9 Å². The minimum Gasteiger partial charge on any atom is -0.339 e. The lowest BCUT2D eigenvalue weighted by Crippen LogP contribution is -2.38. The molecule has 1 aromatic rings. The minimum atomic E-state index is 0. The number of carbonyl (C=O) groups is 1. The monoisotopic (exact) mass is 297 g/mol. The quantitative estimate of drug-likeness (QED) is 0.928. The summed E-state index contributed by atoms with van der Waals surface area (Å²) in [6.45, 7) is 2.67. The van der Waals surface area contributed by atoms with E-state index < -0.39 is 0 Å². The van der Waals surface area contributed by atoms with Crippen LogP contribution in [-0.4, -0.2) is 29.4 Å². The number of nitrogens with two attached hydrogens (primary N) is 1. The van der Waals surface area contributed by atoms with Gasteiger partial charge in [0.25, 0.3) is 0 Å². The van der Waals surface area contributed by atoms with Gasteiger partial charge in [-0.1, -0.05) is 6.42 Å². The average molecular weight is 298 g/mol. The number of pyridine rings is 1. The van der Waals surface area contributed by atoms with E-state index in [1.54, 1.807) is 12.4 Å². The Morgan fingerprint density at radius 3 is 2.70 bits per heavy atom. The highest BCUT2D eigenvalue weighted by Gasteiger charge is 2.34. The number of rotatable bonds is 4. The van der Waals surface area contributed by atoms with E-state index in [9.17, 15) is 4.79 Å². The molecule has 5 heteroatoms. The smallest absolute Gasteiger partial charge is 0.226 e. The van der Waals surface area contributed by atoms with E-state index in [-0.39, 0.29) is 30.3 Å². The van der Waals surface area contributed by atoms with Crippen molar-refractivity contribution in [2.24, 2.45) is 17.6 Å². The summed E-state index contributed by atoms with van der Waals surface area (Å²) in [4.78, 5) is 18.5. The van der Waals surface area contributed by atoms with Gasteiger partial charge in [-0.15, -0.1) is 12.4 Å². The molecule has 0 aromatic carbocycles. The van der Waals surface area contributed by atoms with Gasteiger partial charge in [-0.2, -0.15) is 0 Å². The van der Waals surface area contributed by atoms with Gasteiger partial charge in [0.2, 0.25) is 5.91 Å². The third-order valence-corrected chi connectivity index (χ3v) is 4.40. The highest BCUT2D eigenvalue weighted by molar-refractivity contribution is 5.85. The Hall–Kier alpha value is -1.13. The lowest BCUT2D eigenvalue weighted by Gasteiger charge is -2.29. The minimum absolute atomic E-state index is 0. The Labute approximate surface area is 127 Å². The molecule has 1 heterocycles. The zero-order chi connectivity index (χ0) is 13.8. The van der Waals surface area contributed by atoms with Crippen LogP contribution in [0, 0.1) is 11.8 Å². The fraction of sp³-hybridized carbons (Fsp3) is 0.600. The molecule has 2 N–H and O–H groups in total. The Morgan fingerprint density at radius 1 is 1.45 bits per heavy atom. The molecule has 4 nitrogen and oxygen atoms in total. The maximum atomic E-state index is 12.6. The largest absolute Gasteiger partial charge is 0.339 e. The van der Waals surface area contributed by atoms with E-state index in [1.165, 1.54) is 0 Å². The number of halogens is 1. The first-order valence-electron chi connectivity index (χ1n) is 7.01. The summed E-state index contributed by atoms with van der Waals surface area (Å²) >= 11 is 0. The third kappa shape index (κ3) is 3.49. The number of hydrogen-bond donors (Lipinski definition) is 1. The molecule has 1 fully saturated rings. The third-order valence-electron chi connectivity index (χ3n) is 4.40. The van der Waals surface area contributed by atoms with Crippen molar-refractivity contribution in [3.05, 3.63) is 30.1 Å². The van der Waals surface area contributed by atoms with E-state index in [1.807, 2.05) is 24.1 Å². The Bertz CT molecular complexity index is 426. The van der Waals surface area contributed by atoms with Crippen LogP contribution in [0.5, 0.6) is 0 Å². The van der Waals surface area contributed by atoms with Crippen LogP contribution in [0.1, 0.15) is 37.8 Å². The molecule has 1 amide bonds. The highest BCUT2D eigenvalue weighted by Crippen LogP contribution is 2.33. The Kier molecular flexibility index (Phi) is 6.43. The lowest BCUT2D eigenvalue weighted by molar-refractivity contribution is -0.137. The van der Waals surface area contributed by atoms with E-state index in [0.717, 1.165) is 24.8 Å². The van der Waals surface area contributed by atoms with Crippen LogP contribution in [0.4, 0.5) is 0 Å². The van der Waals surface area contributed by atoms with Crippen molar-refractivity contribution in [3.8, 4) is 0 Å². The van der Waals surface area contributed by atoms with Crippen LogP contribution in [-0.2, 0) is 4.79 Å². The molecule has 0 radical (unpaired) electrons. The van der Waals surface area contributed by atoms with Crippen LogP contribution in [0.15, 0.2) is 24.5 Å². The van der Waals surface area contributed by atoms with Gasteiger partial charge >= 0.3 is 0 Å². The van der Waals surface area contributed by atoms with E-state index in [0.29, 0.717) is 12.5 Å². The topological polar surface area (TPSA) is 59.2 Å². The van der Waals surface area contributed by atoms with Crippen LogP contribution in [0.2, 0.25) is 0 Å². The second-order valence-corrected chi connectivity index (χ2v) is 5.44. The zero-order valence-electron chi connectivity index (χ0n) is 12.2. The Balaban J connectivity index is 0.00000200. The van der Waals surface area contributed by atoms with E-state index in [4.69, 9.17) is 5.73 Å². The summed E-state index contributed by atoms with van der Waals surface area (Å²) in [5, 5.41) is 0. The molecule has 0 spiro atoms. The molecule has 1 aliphatic rings. The number of nitrogens with zero attached hydrogens (tertiary/aromatic N) is 2. The molecule has 3 atom stereocenters. The number of aromatic nitrogens is 1. The summed E-state index contributed by atoms with van der Waals surface area (Å²) in [7, 11) is 1.89. The van der Waals surface area contributed by atoms with Crippen molar-refractivity contribution in [1.29, 1.82) is 0 Å². The van der Waals surface area contributed by atoms with Gasteiger partial charge in [-0.25, -0.2) is 0 Å². The van der Waals surface area contributed by atoms with Gasteiger partial charge in [0, 0.05) is 25.4 Å². The zero-order valence-corrected chi connectivity index (χ0v) is 13.0. The van der Waals surface area contributed by atoms with Crippen molar-refractivity contribution >= 4 is 18.3 Å². The maximum absolute atomic E-state index is 12.6. The van der Waals surface area contributed by atoms with Gasteiger partial charge in [0.1, 0.15) is 0 Å². The maximum Gasteiger partial charge on any atom is 0.226 e. The molecule has 1 unspecified atom stereocenters. The predicted molar refractivity (Wildman–Crippen MR) is 82.6 cm³/mol. The molecule has 2 rings (SSSR count). The molecule has 20 heavy (non-hydrogen) atoms. The summed E-state index contributed by atoms with van der Waals surface area (Å²) in [5.74, 6) is 0.705.